The highest BCUT2D eigenvalue weighted by atomic mass is 16.3. The quantitative estimate of drug-likeness (QED) is 0.777. The van der Waals surface area contributed by atoms with E-state index < -0.39 is 0 Å². The van der Waals surface area contributed by atoms with Crippen LogP contribution in [0.3, 0.4) is 0 Å². The molecule has 1 aliphatic carbocycles. The number of rotatable bonds is 5. The summed E-state index contributed by atoms with van der Waals surface area (Å²) in [5, 5.41) is 2.95. The molecule has 126 valence electrons. The third-order valence-electron chi connectivity index (χ3n) is 4.37. The summed E-state index contributed by atoms with van der Waals surface area (Å²) in [6.07, 6.45) is 5.61. The van der Waals surface area contributed by atoms with E-state index in [4.69, 9.17) is 4.42 Å². The van der Waals surface area contributed by atoms with Crippen molar-refractivity contribution in [3.05, 3.63) is 82.9 Å². The van der Waals surface area contributed by atoms with Crippen molar-refractivity contribution in [1.29, 1.82) is 0 Å². The lowest BCUT2D eigenvalue weighted by Gasteiger charge is -2.08. The van der Waals surface area contributed by atoms with Gasteiger partial charge in [-0.2, -0.15) is 0 Å². The van der Waals surface area contributed by atoms with E-state index in [0.29, 0.717) is 6.54 Å². The standard InChI is InChI=1S/C19H17N3O3/c23-18(16-11-15(16)17-6-2-9-25-17)21-14-5-1-4-13(10-14)12-22-8-3-7-20-19(22)24/h1-10,15-16H,11-12H2,(H,21,23)/t15-,16-/m1/s1. The van der Waals surface area contributed by atoms with Crippen LogP contribution in [0.1, 0.15) is 23.7 Å². The second kappa shape index (κ2) is 6.39. The molecular formula is C19H17N3O3. The summed E-state index contributed by atoms with van der Waals surface area (Å²) < 4.78 is 6.89. The molecule has 0 unspecified atom stereocenters. The zero-order chi connectivity index (χ0) is 17.2. The Morgan fingerprint density at radius 1 is 1.28 bits per heavy atom. The number of carbonyl (C=O) groups is 1. The zero-order valence-corrected chi connectivity index (χ0v) is 13.5. The van der Waals surface area contributed by atoms with Crippen molar-refractivity contribution in [2.24, 2.45) is 5.92 Å². The molecule has 0 saturated heterocycles. The fourth-order valence-electron chi connectivity index (χ4n) is 2.99. The molecule has 1 aromatic carbocycles. The SMILES string of the molecule is O=C(Nc1cccc(Cn2cccnc2=O)c1)[C@@H]1C[C@H]1c1ccco1. The number of amides is 1. The summed E-state index contributed by atoms with van der Waals surface area (Å²) in [7, 11) is 0. The maximum atomic E-state index is 12.4. The van der Waals surface area contributed by atoms with Crippen molar-refractivity contribution in [3.8, 4) is 0 Å². The van der Waals surface area contributed by atoms with Gasteiger partial charge in [0.05, 0.1) is 12.8 Å². The van der Waals surface area contributed by atoms with Gasteiger partial charge in [0.1, 0.15) is 5.76 Å². The van der Waals surface area contributed by atoms with E-state index in [9.17, 15) is 9.59 Å². The summed E-state index contributed by atoms with van der Waals surface area (Å²) in [5.41, 5.74) is 1.35. The smallest absolute Gasteiger partial charge is 0.347 e. The van der Waals surface area contributed by atoms with Gasteiger partial charge in [-0.1, -0.05) is 12.1 Å². The van der Waals surface area contributed by atoms with Gasteiger partial charge in [-0.3, -0.25) is 9.36 Å². The number of hydrogen-bond acceptors (Lipinski definition) is 4. The highest BCUT2D eigenvalue weighted by molar-refractivity contribution is 5.95. The van der Waals surface area contributed by atoms with Crippen LogP contribution in [0.15, 0.2) is 70.3 Å². The van der Waals surface area contributed by atoms with Crippen molar-refractivity contribution >= 4 is 11.6 Å². The molecule has 0 radical (unpaired) electrons. The summed E-state index contributed by atoms with van der Waals surface area (Å²) in [6.45, 7) is 0.412. The Morgan fingerprint density at radius 2 is 2.20 bits per heavy atom. The Kier molecular flexibility index (Phi) is 3.93. The molecular weight excluding hydrogens is 318 g/mol. The van der Waals surface area contributed by atoms with E-state index in [1.807, 2.05) is 36.4 Å². The monoisotopic (exact) mass is 335 g/mol. The van der Waals surface area contributed by atoms with Crippen molar-refractivity contribution in [3.63, 3.8) is 0 Å². The predicted molar refractivity (Wildman–Crippen MR) is 92.2 cm³/mol. The maximum absolute atomic E-state index is 12.4. The molecule has 0 aliphatic heterocycles. The number of anilines is 1. The predicted octanol–water partition coefficient (Wildman–Crippen LogP) is 2.63. The molecule has 2 atom stereocenters. The van der Waals surface area contributed by atoms with E-state index in [1.165, 1.54) is 10.8 Å². The summed E-state index contributed by atoms with van der Waals surface area (Å²) in [6, 6.07) is 13.0. The minimum absolute atomic E-state index is 0.00269. The molecule has 2 aromatic heterocycles. The number of hydrogen-bond donors (Lipinski definition) is 1. The van der Waals surface area contributed by atoms with Crippen molar-refractivity contribution < 1.29 is 9.21 Å². The average Bonchev–Trinajstić information content (AvgIpc) is 3.23. The van der Waals surface area contributed by atoms with Crippen LogP contribution in [0.2, 0.25) is 0 Å². The molecule has 0 spiro atoms. The van der Waals surface area contributed by atoms with E-state index >= 15 is 0 Å². The van der Waals surface area contributed by atoms with E-state index in [1.54, 1.807) is 18.5 Å². The van der Waals surface area contributed by atoms with Gasteiger partial charge in [0.15, 0.2) is 0 Å². The highest BCUT2D eigenvalue weighted by Crippen LogP contribution is 2.48. The molecule has 0 bridgehead atoms. The maximum Gasteiger partial charge on any atom is 0.347 e. The Hall–Kier alpha value is -3.15. The third kappa shape index (κ3) is 3.38. The van der Waals surface area contributed by atoms with E-state index in [0.717, 1.165) is 23.4 Å². The number of furan rings is 1. The van der Waals surface area contributed by atoms with Gasteiger partial charge in [0, 0.05) is 29.9 Å². The van der Waals surface area contributed by atoms with E-state index in [2.05, 4.69) is 10.3 Å². The molecule has 25 heavy (non-hydrogen) atoms. The van der Waals surface area contributed by atoms with Crippen molar-refractivity contribution in [1.82, 2.24) is 9.55 Å². The largest absolute Gasteiger partial charge is 0.469 e. The van der Waals surface area contributed by atoms with Crippen LogP contribution in [-0.4, -0.2) is 15.5 Å². The first-order chi connectivity index (χ1) is 12.2. The lowest BCUT2D eigenvalue weighted by Crippen LogP contribution is -2.22. The lowest BCUT2D eigenvalue weighted by molar-refractivity contribution is -0.117. The van der Waals surface area contributed by atoms with Gasteiger partial charge in [0.25, 0.3) is 0 Å². The van der Waals surface area contributed by atoms with Crippen LogP contribution >= 0.6 is 0 Å². The number of nitrogens with zero attached hydrogens (tertiary/aromatic N) is 2. The second-order valence-corrected chi connectivity index (χ2v) is 6.18. The minimum atomic E-state index is -0.295. The third-order valence-corrected chi connectivity index (χ3v) is 4.37. The zero-order valence-electron chi connectivity index (χ0n) is 13.5. The van der Waals surface area contributed by atoms with Gasteiger partial charge in [-0.05, 0) is 42.3 Å². The Bertz CT molecular complexity index is 946. The van der Waals surface area contributed by atoms with Crippen LogP contribution in [-0.2, 0) is 11.3 Å². The first-order valence-corrected chi connectivity index (χ1v) is 8.15. The first-order valence-electron chi connectivity index (χ1n) is 8.15. The molecule has 3 aromatic rings. The van der Waals surface area contributed by atoms with Gasteiger partial charge in [0.2, 0.25) is 5.91 Å². The number of nitrogens with one attached hydrogen (secondary N) is 1. The Morgan fingerprint density at radius 3 is 3.00 bits per heavy atom. The molecule has 1 fully saturated rings. The summed E-state index contributed by atoms with van der Waals surface area (Å²) >= 11 is 0. The molecule has 1 saturated carbocycles. The van der Waals surface area contributed by atoms with Gasteiger partial charge in [-0.15, -0.1) is 0 Å². The van der Waals surface area contributed by atoms with Crippen LogP contribution in [0.4, 0.5) is 5.69 Å². The Balaban J connectivity index is 1.43. The lowest BCUT2D eigenvalue weighted by atomic mass is 10.2. The summed E-state index contributed by atoms with van der Waals surface area (Å²) in [4.78, 5) is 27.8. The van der Waals surface area contributed by atoms with Crippen molar-refractivity contribution in [2.75, 3.05) is 5.32 Å². The molecule has 1 N–H and O–H groups in total. The summed E-state index contributed by atoms with van der Waals surface area (Å²) in [5.74, 6) is 0.991. The van der Waals surface area contributed by atoms with Crippen molar-refractivity contribution in [2.45, 2.75) is 18.9 Å². The van der Waals surface area contributed by atoms with Gasteiger partial charge >= 0.3 is 5.69 Å². The molecule has 2 heterocycles. The number of aromatic nitrogens is 2. The number of carbonyl (C=O) groups excluding carboxylic acids is 1. The van der Waals surface area contributed by atoms with Crippen LogP contribution < -0.4 is 11.0 Å². The van der Waals surface area contributed by atoms with Gasteiger partial charge in [-0.25, -0.2) is 9.78 Å². The second-order valence-electron chi connectivity index (χ2n) is 6.18. The fourth-order valence-corrected chi connectivity index (χ4v) is 2.99. The van der Waals surface area contributed by atoms with E-state index in [-0.39, 0.29) is 23.4 Å². The van der Waals surface area contributed by atoms with Crippen LogP contribution in [0.25, 0.3) is 0 Å². The average molecular weight is 335 g/mol. The van der Waals surface area contributed by atoms with Crippen LogP contribution in [0, 0.1) is 5.92 Å². The first kappa shape index (κ1) is 15.4. The Labute approximate surface area is 144 Å². The minimum Gasteiger partial charge on any atom is -0.469 e. The fraction of sp³-hybridized carbons (Fsp3) is 0.211. The molecule has 1 aliphatic rings. The topological polar surface area (TPSA) is 77.1 Å². The normalized spacial score (nSPS) is 18.7. The molecule has 1 amide bonds. The van der Waals surface area contributed by atoms with Gasteiger partial charge < -0.3 is 9.73 Å². The van der Waals surface area contributed by atoms with Crippen LogP contribution in [0.5, 0.6) is 0 Å². The highest BCUT2D eigenvalue weighted by Gasteiger charge is 2.45. The molecule has 4 rings (SSSR count). The number of benzene rings is 1. The molecule has 6 heteroatoms. The molecule has 6 nitrogen and oxygen atoms in total.